The van der Waals surface area contributed by atoms with Crippen LogP contribution in [-0.2, 0) is 0 Å². The number of rotatable bonds is 6. The molecule has 0 spiro atoms. The van der Waals surface area contributed by atoms with Crippen molar-refractivity contribution in [1.29, 1.82) is 0 Å². The normalized spacial score (nSPS) is 15.3. The number of nitrogens with two attached hydrogens (primary N) is 1. The van der Waals surface area contributed by atoms with Crippen molar-refractivity contribution in [3.63, 3.8) is 0 Å². The summed E-state index contributed by atoms with van der Waals surface area (Å²) < 4.78 is 1.46. The maximum atomic E-state index is 5.39. The molecule has 0 saturated heterocycles. The van der Waals surface area contributed by atoms with Crippen LogP contribution < -0.4 is 16.6 Å². The maximum absolute atomic E-state index is 5.39. The molecule has 0 radical (unpaired) electrons. The highest BCUT2D eigenvalue weighted by molar-refractivity contribution is 5.36. The molecule has 0 unspecified atom stereocenters. The third kappa shape index (κ3) is 3.43. The van der Waals surface area contributed by atoms with Crippen molar-refractivity contribution in [2.45, 2.75) is 32.1 Å². The third-order valence-corrected chi connectivity index (χ3v) is 3.69. The summed E-state index contributed by atoms with van der Waals surface area (Å²) in [5.74, 6) is 7.37. The van der Waals surface area contributed by atoms with Crippen LogP contribution in [0.2, 0.25) is 0 Å². The van der Waals surface area contributed by atoms with E-state index in [1.807, 2.05) is 0 Å². The van der Waals surface area contributed by atoms with Crippen molar-refractivity contribution in [1.82, 2.24) is 29.7 Å². The Morgan fingerprint density at radius 3 is 2.71 bits per heavy atom. The number of anilines is 2. The molecule has 2 heterocycles. The van der Waals surface area contributed by atoms with E-state index >= 15 is 0 Å². The van der Waals surface area contributed by atoms with Gasteiger partial charge in [0.1, 0.15) is 12.7 Å². The van der Waals surface area contributed by atoms with E-state index < -0.39 is 0 Å². The Hall–Kier alpha value is -2.29. The zero-order chi connectivity index (χ0) is 14.5. The molecule has 1 fully saturated rings. The van der Waals surface area contributed by atoms with Crippen LogP contribution in [-0.4, -0.2) is 36.3 Å². The van der Waals surface area contributed by atoms with Crippen LogP contribution in [0.25, 0.3) is 5.95 Å². The molecule has 2 aromatic heterocycles. The molecule has 0 aliphatic heterocycles. The quantitative estimate of drug-likeness (QED) is 0.526. The predicted octanol–water partition coefficient (Wildman–Crippen LogP) is 0.730. The molecule has 21 heavy (non-hydrogen) atoms. The highest BCUT2D eigenvalue weighted by atomic mass is 15.4. The zero-order valence-electron chi connectivity index (χ0n) is 11.7. The second-order valence-corrected chi connectivity index (χ2v) is 5.13. The summed E-state index contributed by atoms with van der Waals surface area (Å²) in [6.45, 7) is 0.843. The van der Waals surface area contributed by atoms with Crippen molar-refractivity contribution < 1.29 is 0 Å². The molecule has 0 aromatic carbocycles. The molecule has 112 valence electrons. The van der Waals surface area contributed by atoms with Crippen LogP contribution in [0.3, 0.4) is 0 Å². The topological polar surface area (TPSA) is 119 Å². The fourth-order valence-electron chi connectivity index (χ4n) is 2.61. The summed E-state index contributed by atoms with van der Waals surface area (Å²) in [5, 5.41) is 7.23. The number of nitrogens with zero attached hydrogens (tertiary/aromatic N) is 6. The van der Waals surface area contributed by atoms with Gasteiger partial charge in [-0.1, -0.05) is 25.7 Å². The van der Waals surface area contributed by atoms with Crippen LogP contribution in [0, 0.1) is 5.92 Å². The summed E-state index contributed by atoms with van der Waals surface area (Å²) in [6, 6.07) is 0. The number of hydrogen-bond acceptors (Lipinski definition) is 8. The first-order valence-electron chi connectivity index (χ1n) is 7.17. The van der Waals surface area contributed by atoms with Crippen LogP contribution >= 0.6 is 0 Å². The van der Waals surface area contributed by atoms with Crippen LogP contribution in [0.5, 0.6) is 0 Å². The highest BCUT2D eigenvalue weighted by Gasteiger charge is 2.14. The third-order valence-electron chi connectivity index (χ3n) is 3.69. The Balaban J connectivity index is 1.67. The van der Waals surface area contributed by atoms with E-state index in [4.69, 9.17) is 5.84 Å². The number of aromatic nitrogens is 6. The first kappa shape index (κ1) is 13.7. The lowest BCUT2D eigenvalue weighted by atomic mass is 10.0. The summed E-state index contributed by atoms with van der Waals surface area (Å²) in [6.07, 6.45) is 9.46. The van der Waals surface area contributed by atoms with Gasteiger partial charge in [0, 0.05) is 6.54 Å². The lowest BCUT2D eigenvalue weighted by molar-refractivity contribution is 0.518. The lowest BCUT2D eigenvalue weighted by Crippen LogP contribution is -2.17. The predicted molar refractivity (Wildman–Crippen MR) is 77.6 cm³/mol. The molecular weight excluding hydrogens is 270 g/mol. The SMILES string of the molecule is NNc1nc(NCCC2CCCC2)nc(-n2cncn2)n1. The maximum Gasteiger partial charge on any atom is 0.258 e. The molecule has 2 aromatic rings. The van der Waals surface area contributed by atoms with Crippen LogP contribution in [0.1, 0.15) is 32.1 Å². The lowest BCUT2D eigenvalue weighted by Gasteiger charge is -2.11. The first-order chi connectivity index (χ1) is 10.3. The van der Waals surface area contributed by atoms with E-state index in [1.165, 1.54) is 43.0 Å². The summed E-state index contributed by atoms with van der Waals surface area (Å²) in [7, 11) is 0. The number of nitrogen functional groups attached to an aromatic ring is 1. The molecule has 1 aliphatic rings. The smallest absolute Gasteiger partial charge is 0.258 e. The zero-order valence-corrected chi connectivity index (χ0v) is 11.7. The second kappa shape index (κ2) is 6.44. The van der Waals surface area contributed by atoms with Gasteiger partial charge in [0.05, 0.1) is 0 Å². The van der Waals surface area contributed by atoms with Gasteiger partial charge in [-0.05, 0) is 12.3 Å². The van der Waals surface area contributed by atoms with Crippen molar-refractivity contribution in [2.75, 3.05) is 17.3 Å². The van der Waals surface area contributed by atoms with E-state index in [0.717, 1.165) is 18.9 Å². The van der Waals surface area contributed by atoms with Gasteiger partial charge >= 0.3 is 0 Å². The molecule has 0 atom stereocenters. The molecule has 3 rings (SSSR count). The Bertz CT molecular complexity index is 562. The van der Waals surface area contributed by atoms with E-state index in [2.05, 4.69) is 35.8 Å². The molecule has 9 nitrogen and oxygen atoms in total. The molecule has 1 saturated carbocycles. The van der Waals surface area contributed by atoms with Crippen LogP contribution in [0.4, 0.5) is 11.9 Å². The van der Waals surface area contributed by atoms with Gasteiger partial charge in [0.25, 0.3) is 5.95 Å². The number of hydrazine groups is 1. The van der Waals surface area contributed by atoms with E-state index in [9.17, 15) is 0 Å². The minimum Gasteiger partial charge on any atom is -0.354 e. The van der Waals surface area contributed by atoms with Gasteiger partial charge in [-0.3, -0.25) is 5.43 Å². The fourth-order valence-corrected chi connectivity index (χ4v) is 2.61. The first-order valence-corrected chi connectivity index (χ1v) is 7.17. The van der Waals surface area contributed by atoms with Gasteiger partial charge in [-0.25, -0.2) is 10.8 Å². The largest absolute Gasteiger partial charge is 0.354 e. The minimum atomic E-state index is 0.291. The van der Waals surface area contributed by atoms with Gasteiger partial charge < -0.3 is 5.32 Å². The summed E-state index contributed by atoms with van der Waals surface area (Å²) >= 11 is 0. The molecule has 9 heteroatoms. The van der Waals surface area contributed by atoms with Crippen LogP contribution in [0.15, 0.2) is 12.7 Å². The van der Waals surface area contributed by atoms with Crippen molar-refractivity contribution in [3.05, 3.63) is 12.7 Å². The number of hydrogen-bond donors (Lipinski definition) is 3. The van der Waals surface area contributed by atoms with Gasteiger partial charge in [0.15, 0.2) is 0 Å². The monoisotopic (exact) mass is 289 g/mol. The van der Waals surface area contributed by atoms with Crippen molar-refractivity contribution >= 4 is 11.9 Å². The van der Waals surface area contributed by atoms with E-state index in [1.54, 1.807) is 0 Å². The Labute approximate surface area is 122 Å². The Kier molecular flexibility index (Phi) is 4.20. The van der Waals surface area contributed by atoms with E-state index in [-0.39, 0.29) is 0 Å². The Morgan fingerprint density at radius 1 is 1.19 bits per heavy atom. The fraction of sp³-hybridized carbons (Fsp3) is 0.583. The second-order valence-electron chi connectivity index (χ2n) is 5.13. The van der Waals surface area contributed by atoms with Gasteiger partial charge in [0.2, 0.25) is 11.9 Å². The van der Waals surface area contributed by atoms with Gasteiger partial charge in [-0.15, -0.1) is 0 Å². The Morgan fingerprint density at radius 2 is 2.00 bits per heavy atom. The van der Waals surface area contributed by atoms with Crippen molar-refractivity contribution in [3.8, 4) is 5.95 Å². The molecule has 1 aliphatic carbocycles. The number of nitrogens with one attached hydrogen (secondary N) is 2. The molecule has 0 amide bonds. The summed E-state index contributed by atoms with van der Waals surface area (Å²) in [4.78, 5) is 16.5. The van der Waals surface area contributed by atoms with Crippen molar-refractivity contribution in [2.24, 2.45) is 11.8 Å². The molecule has 4 N–H and O–H groups in total. The minimum absolute atomic E-state index is 0.291. The van der Waals surface area contributed by atoms with Gasteiger partial charge in [-0.2, -0.15) is 24.7 Å². The average Bonchev–Trinajstić information content (AvgIpc) is 3.20. The molecule has 0 bridgehead atoms. The summed E-state index contributed by atoms with van der Waals surface area (Å²) in [5.41, 5.74) is 2.44. The standard InChI is InChI=1S/C12H19N9/c13-20-11-17-10(15-6-5-9-3-1-2-4-9)18-12(19-11)21-8-14-7-16-21/h7-9H,1-6,13H2,(H2,15,17,18,19,20). The molecular formula is C12H19N9. The van der Waals surface area contributed by atoms with E-state index in [0.29, 0.717) is 17.8 Å². The average molecular weight is 289 g/mol. The highest BCUT2D eigenvalue weighted by Crippen LogP contribution is 2.27.